The molecule has 40 heavy (non-hydrogen) atoms. The molecule has 0 aromatic heterocycles. The van der Waals surface area contributed by atoms with Gasteiger partial charge in [0.1, 0.15) is 18.0 Å². The Balaban J connectivity index is 1.39. The van der Waals surface area contributed by atoms with Gasteiger partial charge in [0.2, 0.25) is 0 Å². The van der Waals surface area contributed by atoms with E-state index in [0.717, 1.165) is 33.0 Å². The number of ketones is 1. The van der Waals surface area contributed by atoms with E-state index in [1.165, 1.54) is 0 Å². The van der Waals surface area contributed by atoms with Crippen LogP contribution in [0.5, 0.6) is 5.75 Å². The van der Waals surface area contributed by atoms with Crippen LogP contribution >= 0.6 is 0 Å². The van der Waals surface area contributed by atoms with E-state index in [2.05, 4.69) is 41.7 Å². The van der Waals surface area contributed by atoms with E-state index in [9.17, 15) is 15.0 Å². The number of hydrogen-bond donors (Lipinski definition) is 3. The molecule has 0 saturated carbocycles. The van der Waals surface area contributed by atoms with Crippen molar-refractivity contribution >= 4 is 22.6 Å². The molecule has 3 aliphatic carbocycles. The lowest BCUT2D eigenvalue weighted by Crippen LogP contribution is -2.62. The van der Waals surface area contributed by atoms with Gasteiger partial charge < -0.3 is 29.7 Å². The van der Waals surface area contributed by atoms with Gasteiger partial charge in [-0.2, -0.15) is 0 Å². The summed E-state index contributed by atoms with van der Waals surface area (Å²) >= 11 is 0. The van der Waals surface area contributed by atoms with E-state index in [0.29, 0.717) is 5.75 Å². The number of aliphatic hydroxyl groups excluding tert-OH is 2. The van der Waals surface area contributed by atoms with Gasteiger partial charge in [0, 0.05) is 11.8 Å². The fourth-order valence-electron chi connectivity index (χ4n) is 7.36. The van der Waals surface area contributed by atoms with Crippen LogP contribution in [0.2, 0.25) is 0 Å². The van der Waals surface area contributed by atoms with E-state index >= 15 is 0 Å². The third kappa shape index (κ3) is 3.52. The molecule has 7 nitrogen and oxygen atoms in total. The van der Waals surface area contributed by atoms with Crippen LogP contribution in [0.25, 0.3) is 16.8 Å². The second kappa shape index (κ2) is 9.36. The van der Waals surface area contributed by atoms with E-state index < -0.39 is 42.2 Å². The third-order valence-corrected chi connectivity index (χ3v) is 9.38. The Bertz CT molecular complexity index is 1560. The molecule has 4 aliphatic rings. The number of fused-ring (bicyclic) bond motifs is 7. The van der Waals surface area contributed by atoms with Gasteiger partial charge in [-0.25, -0.2) is 0 Å². The maximum Gasteiger partial charge on any atom is 0.176 e. The average molecular weight is 540 g/mol. The largest absolute Gasteiger partial charge is 0.497 e. The van der Waals surface area contributed by atoms with E-state index in [1.807, 2.05) is 36.4 Å². The van der Waals surface area contributed by atoms with Crippen LogP contribution < -0.4 is 10.1 Å². The first-order valence-electron chi connectivity index (χ1n) is 13.8. The van der Waals surface area contributed by atoms with Gasteiger partial charge in [0.15, 0.2) is 12.1 Å². The Kier molecular flexibility index (Phi) is 6.00. The normalized spacial score (nSPS) is 35.7. The van der Waals surface area contributed by atoms with Crippen molar-refractivity contribution in [3.63, 3.8) is 0 Å². The summed E-state index contributed by atoms with van der Waals surface area (Å²) in [5, 5.41) is 26.5. The SMILES string of the molecule is CN[C@H]1[C@@H](O[C@@H]2c3cc4ccccc4cc3[C@@H]3[C@H]2C=C[C@@]32C(=O)C=Cc3ccc(OC)cc32)O[C@H](C)[C@H](O)[C@@H]1O. The number of likely N-dealkylation sites (N-methyl/N-ethyl adjacent to an activating group) is 1. The van der Waals surface area contributed by atoms with Gasteiger partial charge in [0.25, 0.3) is 0 Å². The Labute approximate surface area is 233 Å². The molecule has 1 aliphatic heterocycles. The lowest BCUT2D eigenvalue weighted by molar-refractivity contribution is -0.277. The molecule has 1 spiro atoms. The molecule has 0 radical (unpaired) electrons. The number of rotatable bonds is 4. The second-order valence-corrected chi connectivity index (χ2v) is 11.3. The number of aliphatic hydroxyl groups is 2. The Hall–Kier alpha value is -3.33. The van der Waals surface area contributed by atoms with Gasteiger partial charge >= 0.3 is 0 Å². The van der Waals surface area contributed by atoms with E-state index in [1.54, 1.807) is 27.2 Å². The van der Waals surface area contributed by atoms with Crippen molar-refractivity contribution in [1.82, 2.24) is 5.32 Å². The molecule has 3 aromatic rings. The Morgan fingerprint density at radius 1 is 0.975 bits per heavy atom. The summed E-state index contributed by atoms with van der Waals surface area (Å²) in [6, 6.07) is 17.9. The first-order chi connectivity index (χ1) is 19.4. The number of nitrogens with one attached hydrogen (secondary N) is 1. The third-order valence-electron chi connectivity index (χ3n) is 9.38. The molecule has 1 heterocycles. The summed E-state index contributed by atoms with van der Waals surface area (Å²) in [6.45, 7) is 1.73. The topological polar surface area (TPSA) is 97.3 Å². The smallest absolute Gasteiger partial charge is 0.176 e. The summed E-state index contributed by atoms with van der Waals surface area (Å²) in [4.78, 5) is 14.0. The Morgan fingerprint density at radius 2 is 1.73 bits per heavy atom. The van der Waals surface area contributed by atoms with Crippen molar-refractivity contribution in [2.75, 3.05) is 14.2 Å². The number of hydrogen-bond acceptors (Lipinski definition) is 7. The molecule has 9 atom stereocenters. The van der Waals surface area contributed by atoms with Crippen LogP contribution in [-0.2, 0) is 19.7 Å². The molecule has 7 heteroatoms. The molecule has 0 amide bonds. The maximum atomic E-state index is 14.0. The highest BCUT2D eigenvalue weighted by molar-refractivity contribution is 6.08. The minimum absolute atomic E-state index is 0.0333. The predicted octanol–water partition coefficient (Wildman–Crippen LogP) is 3.78. The van der Waals surface area contributed by atoms with Crippen LogP contribution in [0.4, 0.5) is 0 Å². The molecule has 0 unspecified atom stereocenters. The summed E-state index contributed by atoms with van der Waals surface area (Å²) in [5.41, 5.74) is 3.10. The van der Waals surface area contributed by atoms with Gasteiger partial charge in [0.05, 0.1) is 30.8 Å². The summed E-state index contributed by atoms with van der Waals surface area (Å²) in [5.74, 6) is 0.384. The molecule has 1 fully saturated rings. The zero-order chi connectivity index (χ0) is 27.8. The molecular weight excluding hydrogens is 506 g/mol. The van der Waals surface area contributed by atoms with Crippen molar-refractivity contribution < 1.29 is 29.2 Å². The zero-order valence-corrected chi connectivity index (χ0v) is 22.7. The number of ether oxygens (including phenoxy) is 3. The molecule has 206 valence electrons. The van der Waals surface area contributed by atoms with Crippen LogP contribution in [0.1, 0.15) is 41.2 Å². The number of carbonyl (C=O) groups excluding carboxylic acids is 1. The minimum atomic E-state index is -1.05. The van der Waals surface area contributed by atoms with Crippen molar-refractivity contribution in [3.8, 4) is 5.75 Å². The molecule has 3 N–H and O–H groups in total. The van der Waals surface area contributed by atoms with Crippen molar-refractivity contribution in [3.05, 3.63) is 95.1 Å². The molecular formula is C33H33NO6. The van der Waals surface area contributed by atoms with Crippen LogP contribution in [-0.4, -0.2) is 60.8 Å². The van der Waals surface area contributed by atoms with E-state index in [-0.39, 0.29) is 17.6 Å². The summed E-state index contributed by atoms with van der Waals surface area (Å²) in [6.07, 6.45) is 3.83. The number of methoxy groups -OCH3 is 1. The fraction of sp³-hybridized carbons (Fsp3) is 0.364. The standard InChI is InChI=1S/C33H33NO6/c1-17-29(36)30(37)28(34-2)32(39-17)40-31-22-12-13-33(25-16-21(38-3)10-8-18(25)9-11-26(33)35)27(22)23-14-19-6-4-5-7-20(19)15-24(23)31/h4-17,22,27-32,34,36-37H,1-3H3/t17-,22-,27+,28-,29+,30-,31+,32-,33-/m1/s1. The highest BCUT2D eigenvalue weighted by atomic mass is 16.7. The Morgan fingerprint density at radius 3 is 2.45 bits per heavy atom. The van der Waals surface area contributed by atoms with E-state index in [4.69, 9.17) is 14.2 Å². The fourth-order valence-corrected chi connectivity index (χ4v) is 7.36. The van der Waals surface area contributed by atoms with Crippen molar-refractivity contribution in [2.24, 2.45) is 5.92 Å². The quantitative estimate of drug-likeness (QED) is 0.434. The summed E-state index contributed by atoms with van der Waals surface area (Å²) < 4.78 is 18.5. The first-order valence-corrected chi connectivity index (χ1v) is 13.8. The maximum absolute atomic E-state index is 14.0. The average Bonchev–Trinajstić information content (AvgIpc) is 3.49. The number of carbonyl (C=O) groups is 1. The monoisotopic (exact) mass is 539 g/mol. The van der Waals surface area contributed by atoms with Crippen molar-refractivity contribution in [2.45, 2.75) is 55.0 Å². The molecule has 1 saturated heterocycles. The highest BCUT2D eigenvalue weighted by Gasteiger charge is 2.59. The van der Waals surface area contributed by atoms with Crippen molar-refractivity contribution in [1.29, 1.82) is 0 Å². The van der Waals surface area contributed by atoms with Gasteiger partial charge in [-0.05, 0) is 71.3 Å². The first kappa shape index (κ1) is 25.6. The van der Waals surface area contributed by atoms with Crippen LogP contribution in [0.15, 0.2) is 72.8 Å². The number of benzene rings is 3. The minimum Gasteiger partial charge on any atom is -0.497 e. The predicted molar refractivity (Wildman–Crippen MR) is 151 cm³/mol. The summed E-state index contributed by atoms with van der Waals surface area (Å²) in [7, 11) is 3.36. The zero-order valence-electron chi connectivity index (χ0n) is 22.7. The molecule has 7 rings (SSSR count). The van der Waals surface area contributed by atoms with Crippen LogP contribution in [0.3, 0.4) is 0 Å². The van der Waals surface area contributed by atoms with Gasteiger partial charge in [-0.15, -0.1) is 0 Å². The number of allylic oxidation sites excluding steroid dienone is 2. The molecule has 3 aromatic carbocycles. The lowest BCUT2D eigenvalue weighted by Gasteiger charge is -2.43. The van der Waals surface area contributed by atoms with Crippen LogP contribution in [0, 0.1) is 5.92 Å². The van der Waals surface area contributed by atoms with Gasteiger partial charge in [-0.3, -0.25) is 4.79 Å². The molecule has 0 bridgehead atoms. The van der Waals surface area contributed by atoms with Gasteiger partial charge in [-0.1, -0.05) is 54.6 Å². The highest BCUT2D eigenvalue weighted by Crippen LogP contribution is 2.63. The lowest BCUT2D eigenvalue weighted by atomic mass is 9.63. The second-order valence-electron chi connectivity index (χ2n) is 11.3.